The number of carbonyl (C=O) groups is 1. The molecule has 5 heteroatoms. The molecule has 0 aliphatic carbocycles. The highest BCUT2D eigenvalue weighted by molar-refractivity contribution is 9.10. The third kappa shape index (κ3) is 2.93. The molecule has 4 nitrogen and oxygen atoms in total. The van der Waals surface area contributed by atoms with Crippen molar-refractivity contribution < 1.29 is 9.53 Å². The Kier molecular flexibility index (Phi) is 4.29. The monoisotopic (exact) mass is 334 g/mol. The Bertz CT molecular complexity index is 656. The van der Waals surface area contributed by atoms with Gasteiger partial charge in [-0.3, -0.25) is 0 Å². The molecule has 0 spiro atoms. The van der Waals surface area contributed by atoms with Gasteiger partial charge in [0.05, 0.1) is 18.4 Å². The van der Waals surface area contributed by atoms with E-state index in [9.17, 15) is 4.79 Å². The third-order valence-corrected chi connectivity index (χ3v) is 3.85. The van der Waals surface area contributed by atoms with E-state index >= 15 is 0 Å². The number of ether oxygens (including phenoxy) is 1. The first-order chi connectivity index (χ1) is 9.52. The van der Waals surface area contributed by atoms with Crippen molar-refractivity contribution in [3.63, 3.8) is 0 Å². The molecular weight excluding hydrogens is 320 g/mol. The lowest BCUT2D eigenvalue weighted by Gasteiger charge is -2.14. The van der Waals surface area contributed by atoms with Crippen LogP contribution < -0.4 is 11.1 Å². The van der Waals surface area contributed by atoms with Crippen molar-refractivity contribution in [2.75, 3.05) is 18.2 Å². The van der Waals surface area contributed by atoms with Gasteiger partial charge < -0.3 is 15.8 Å². The molecule has 2 rings (SSSR count). The number of carbonyl (C=O) groups excluding carboxylic acids is 1. The zero-order valence-corrected chi connectivity index (χ0v) is 12.8. The normalized spacial score (nSPS) is 10.2. The number of rotatable bonds is 3. The Morgan fingerprint density at radius 2 is 2.00 bits per heavy atom. The molecule has 0 bridgehead atoms. The van der Waals surface area contributed by atoms with Crippen molar-refractivity contribution in [1.29, 1.82) is 0 Å². The summed E-state index contributed by atoms with van der Waals surface area (Å²) in [5.74, 6) is -0.424. The van der Waals surface area contributed by atoms with Gasteiger partial charge in [0.2, 0.25) is 0 Å². The maximum absolute atomic E-state index is 11.8. The Hall–Kier alpha value is -2.01. The second kappa shape index (κ2) is 5.96. The Morgan fingerprint density at radius 3 is 2.70 bits per heavy atom. The summed E-state index contributed by atoms with van der Waals surface area (Å²) in [6.45, 7) is 1.99. The third-order valence-electron chi connectivity index (χ3n) is 2.99. The summed E-state index contributed by atoms with van der Waals surface area (Å²) >= 11 is 3.48. The van der Waals surface area contributed by atoms with Crippen LogP contribution in [0.1, 0.15) is 15.9 Å². The highest BCUT2D eigenvalue weighted by Gasteiger charge is 2.13. The maximum atomic E-state index is 11.8. The predicted molar refractivity (Wildman–Crippen MR) is 84.4 cm³/mol. The number of halogens is 1. The number of anilines is 3. The first-order valence-electron chi connectivity index (χ1n) is 6.03. The zero-order valence-electron chi connectivity index (χ0n) is 11.2. The first kappa shape index (κ1) is 14.4. The molecule has 0 heterocycles. The zero-order chi connectivity index (χ0) is 14.7. The molecule has 2 aromatic carbocycles. The molecule has 2 aromatic rings. The van der Waals surface area contributed by atoms with Crippen LogP contribution in [0.5, 0.6) is 0 Å². The van der Waals surface area contributed by atoms with Gasteiger partial charge in [-0.1, -0.05) is 22.0 Å². The number of nitrogens with one attached hydrogen (secondary N) is 1. The van der Waals surface area contributed by atoms with Gasteiger partial charge in [0.25, 0.3) is 0 Å². The van der Waals surface area contributed by atoms with Crippen LogP contribution >= 0.6 is 15.9 Å². The van der Waals surface area contributed by atoms with Crippen molar-refractivity contribution in [2.24, 2.45) is 0 Å². The molecule has 0 radical (unpaired) electrons. The van der Waals surface area contributed by atoms with Crippen LogP contribution in [0.4, 0.5) is 17.1 Å². The molecule has 104 valence electrons. The SMILES string of the molecule is COC(=O)c1cc(N)ccc1Nc1cccc(Br)c1C. The molecule has 0 amide bonds. The second-order valence-electron chi connectivity index (χ2n) is 4.33. The maximum Gasteiger partial charge on any atom is 0.340 e. The predicted octanol–water partition coefficient (Wildman–Crippen LogP) is 3.87. The standard InChI is InChI=1S/C15H15BrN2O2/c1-9-12(16)4-3-5-13(9)18-14-7-6-10(17)8-11(14)15(19)20-2/h3-8,18H,17H2,1-2H3. The second-order valence-corrected chi connectivity index (χ2v) is 5.19. The van der Waals surface area contributed by atoms with Crippen LogP contribution in [0.15, 0.2) is 40.9 Å². The summed E-state index contributed by atoms with van der Waals surface area (Å²) in [6.07, 6.45) is 0. The van der Waals surface area contributed by atoms with Gasteiger partial charge in [-0.2, -0.15) is 0 Å². The van der Waals surface area contributed by atoms with E-state index in [0.717, 1.165) is 15.7 Å². The summed E-state index contributed by atoms with van der Waals surface area (Å²) in [4.78, 5) is 11.8. The average molecular weight is 335 g/mol. The summed E-state index contributed by atoms with van der Waals surface area (Å²) in [6, 6.07) is 10.9. The molecule has 0 aromatic heterocycles. The summed E-state index contributed by atoms with van der Waals surface area (Å²) in [5.41, 5.74) is 9.28. The fourth-order valence-corrected chi connectivity index (χ4v) is 2.20. The van der Waals surface area contributed by atoms with Crippen molar-refractivity contribution in [3.8, 4) is 0 Å². The molecule has 0 saturated carbocycles. The minimum Gasteiger partial charge on any atom is -0.465 e. The van der Waals surface area contributed by atoms with Crippen LogP contribution in [0.3, 0.4) is 0 Å². The average Bonchev–Trinajstić information content (AvgIpc) is 2.44. The van der Waals surface area contributed by atoms with Crippen molar-refractivity contribution in [3.05, 3.63) is 52.0 Å². The molecule has 0 saturated heterocycles. The smallest absolute Gasteiger partial charge is 0.340 e. The number of esters is 1. The fourth-order valence-electron chi connectivity index (χ4n) is 1.84. The Labute approximate surface area is 126 Å². The van der Waals surface area contributed by atoms with Crippen LogP contribution in [0.2, 0.25) is 0 Å². The molecule has 0 atom stereocenters. The lowest BCUT2D eigenvalue weighted by Crippen LogP contribution is -2.07. The van der Waals surface area contributed by atoms with Crippen molar-refractivity contribution in [2.45, 2.75) is 6.92 Å². The molecule has 0 unspecified atom stereocenters. The fraction of sp³-hybridized carbons (Fsp3) is 0.133. The van der Waals surface area contributed by atoms with Gasteiger partial charge in [0.15, 0.2) is 0 Å². The lowest BCUT2D eigenvalue weighted by molar-refractivity contribution is 0.0602. The topological polar surface area (TPSA) is 64.3 Å². The first-order valence-corrected chi connectivity index (χ1v) is 6.82. The van der Waals surface area contributed by atoms with Crippen LogP contribution in [0.25, 0.3) is 0 Å². The number of hydrogen-bond donors (Lipinski definition) is 2. The molecule has 0 fully saturated rings. The van der Waals surface area contributed by atoms with Crippen molar-refractivity contribution >= 4 is 39.0 Å². The number of nitrogens with two attached hydrogens (primary N) is 1. The van der Waals surface area contributed by atoms with Crippen LogP contribution in [0, 0.1) is 6.92 Å². The highest BCUT2D eigenvalue weighted by atomic mass is 79.9. The van der Waals surface area contributed by atoms with E-state index in [2.05, 4.69) is 21.2 Å². The van der Waals surface area contributed by atoms with Gasteiger partial charge in [-0.25, -0.2) is 4.79 Å². The van der Waals surface area contributed by atoms with Crippen LogP contribution in [-0.4, -0.2) is 13.1 Å². The quantitative estimate of drug-likeness (QED) is 0.660. The van der Waals surface area contributed by atoms with Gasteiger partial charge in [0.1, 0.15) is 0 Å². The number of methoxy groups -OCH3 is 1. The lowest BCUT2D eigenvalue weighted by atomic mass is 10.1. The highest BCUT2D eigenvalue weighted by Crippen LogP contribution is 2.29. The van der Waals surface area contributed by atoms with E-state index in [1.54, 1.807) is 18.2 Å². The molecular formula is C15H15BrN2O2. The van der Waals surface area contributed by atoms with Crippen molar-refractivity contribution in [1.82, 2.24) is 0 Å². The van der Waals surface area contributed by atoms with Gasteiger partial charge in [-0.05, 0) is 42.8 Å². The minimum absolute atomic E-state index is 0.409. The Balaban J connectivity index is 2.43. The van der Waals surface area contributed by atoms with E-state index < -0.39 is 5.97 Å². The van der Waals surface area contributed by atoms with Gasteiger partial charge >= 0.3 is 5.97 Å². The van der Waals surface area contributed by atoms with Gasteiger partial charge in [-0.15, -0.1) is 0 Å². The molecule has 0 aliphatic rings. The number of benzene rings is 2. The molecule has 3 N–H and O–H groups in total. The molecule has 20 heavy (non-hydrogen) atoms. The minimum atomic E-state index is -0.424. The summed E-state index contributed by atoms with van der Waals surface area (Å²) < 4.78 is 5.78. The van der Waals surface area contributed by atoms with E-state index in [1.165, 1.54) is 7.11 Å². The van der Waals surface area contributed by atoms with Gasteiger partial charge in [0, 0.05) is 15.8 Å². The summed E-state index contributed by atoms with van der Waals surface area (Å²) in [7, 11) is 1.35. The van der Waals surface area contributed by atoms with E-state index in [4.69, 9.17) is 10.5 Å². The van der Waals surface area contributed by atoms with E-state index in [1.807, 2.05) is 25.1 Å². The van der Waals surface area contributed by atoms with Crippen LogP contribution in [-0.2, 0) is 4.74 Å². The molecule has 0 aliphatic heterocycles. The number of hydrogen-bond acceptors (Lipinski definition) is 4. The summed E-state index contributed by atoms with van der Waals surface area (Å²) in [5, 5.41) is 3.24. The largest absolute Gasteiger partial charge is 0.465 e. The van der Waals surface area contributed by atoms with E-state index in [0.29, 0.717) is 16.9 Å². The van der Waals surface area contributed by atoms with E-state index in [-0.39, 0.29) is 0 Å². The Morgan fingerprint density at radius 1 is 1.25 bits per heavy atom. The number of nitrogen functional groups attached to an aromatic ring is 1.